The van der Waals surface area contributed by atoms with Gasteiger partial charge in [0.1, 0.15) is 5.75 Å². The molecule has 0 aromatic heterocycles. The van der Waals surface area contributed by atoms with E-state index in [-0.39, 0.29) is 18.6 Å². The van der Waals surface area contributed by atoms with Crippen molar-refractivity contribution < 1.29 is 19.1 Å². The minimum Gasteiger partial charge on any atom is -0.482 e. The van der Waals surface area contributed by atoms with Crippen LogP contribution in [-0.4, -0.2) is 24.5 Å². The van der Waals surface area contributed by atoms with Crippen LogP contribution in [0, 0.1) is 0 Å². The van der Waals surface area contributed by atoms with Gasteiger partial charge in [0.2, 0.25) is 6.10 Å². The van der Waals surface area contributed by atoms with E-state index in [1.54, 1.807) is 48.5 Å². The maximum atomic E-state index is 12.4. The van der Waals surface area contributed by atoms with Gasteiger partial charge in [-0.1, -0.05) is 41.9 Å². The summed E-state index contributed by atoms with van der Waals surface area (Å²) in [6.45, 7) is -0.290. The Labute approximate surface area is 150 Å². The maximum Gasteiger partial charge on any atom is 0.345 e. The molecule has 1 aliphatic carbocycles. The number of rotatable bonds is 7. The molecule has 1 saturated carbocycles. The third-order valence-electron chi connectivity index (χ3n) is 3.68. The summed E-state index contributed by atoms with van der Waals surface area (Å²) < 4.78 is 10.7. The summed E-state index contributed by atoms with van der Waals surface area (Å²) in [4.78, 5) is 24.5. The summed E-state index contributed by atoms with van der Waals surface area (Å²) in [5.74, 6) is -0.427. The van der Waals surface area contributed by atoms with Crippen molar-refractivity contribution in [2.24, 2.45) is 0 Å². The molecule has 1 atom stereocenters. The van der Waals surface area contributed by atoms with Crippen LogP contribution < -0.4 is 10.1 Å². The highest BCUT2D eigenvalue weighted by Crippen LogP contribution is 2.23. The second-order valence-electron chi connectivity index (χ2n) is 5.81. The Morgan fingerprint density at radius 3 is 2.40 bits per heavy atom. The number of halogens is 1. The summed E-state index contributed by atoms with van der Waals surface area (Å²) >= 11 is 5.80. The van der Waals surface area contributed by atoms with Crippen LogP contribution in [0.3, 0.4) is 0 Å². The van der Waals surface area contributed by atoms with Crippen LogP contribution in [0.2, 0.25) is 5.02 Å². The van der Waals surface area contributed by atoms with Crippen molar-refractivity contribution in [2.45, 2.75) is 25.0 Å². The number of benzene rings is 2. The van der Waals surface area contributed by atoms with Crippen molar-refractivity contribution in [1.29, 1.82) is 0 Å². The van der Waals surface area contributed by atoms with E-state index in [1.807, 2.05) is 6.07 Å². The lowest BCUT2D eigenvalue weighted by molar-refractivity contribution is -0.158. The molecule has 0 bridgehead atoms. The lowest BCUT2D eigenvalue weighted by atomic mass is 10.1. The monoisotopic (exact) mass is 359 g/mol. The lowest BCUT2D eigenvalue weighted by Crippen LogP contribution is -2.34. The second kappa shape index (κ2) is 8.03. The Bertz CT molecular complexity index is 729. The van der Waals surface area contributed by atoms with Crippen molar-refractivity contribution in [3.8, 4) is 5.75 Å². The number of esters is 1. The van der Waals surface area contributed by atoms with Gasteiger partial charge >= 0.3 is 5.97 Å². The van der Waals surface area contributed by atoms with Crippen LogP contribution in [0.5, 0.6) is 5.75 Å². The van der Waals surface area contributed by atoms with E-state index in [0.29, 0.717) is 16.3 Å². The van der Waals surface area contributed by atoms with Crippen LogP contribution in [0.15, 0.2) is 54.6 Å². The lowest BCUT2D eigenvalue weighted by Gasteiger charge is -2.18. The Hall–Kier alpha value is -2.53. The highest BCUT2D eigenvalue weighted by atomic mass is 35.5. The van der Waals surface area contributed by atoms with Crippen molar-refractivity contribution in [1.82, 2.24) is 5.32 Å². The van der Waals surface area contributed by atoms with Gasteiger partial charge in [0.25, 0.3) is 5.91 Å². The first-order valence-corrected chi connectivity index (χ1v) is 8.43. The maximum absolute atomic E-state index is 12.4. The second-order valence-corrected chi connectivity index (χ2v) is 6.24. The van der Waals surface area contributed by atoms with Gasteiger partial charge in [-0.05, 0) is 37.1 Å². The van der Waals surface area contributed by atoms with Crippen LogP contribution in [-0.2, 0) is 14.3 Å². The molecule has 0 aliphatic heterocycles. The molecule has 6 heteroatoms. The molecule has 5 nitrogen and oxygen atoms in total. The van der Waals surface area contributed by atoms with Gasteiger partial charge < -0.3 is 14.8 Å². The molecule has 130 valence electrons. The molecule has 0 heterocycles. The fraction of sp³-hybridized carbons (Fsp3) is 0.263. The highest BCUT2D eigenvalue weighted by molar-refractivity contribution is 6.30. The van der Waals surface area contributed by atoms with E-state index in [0.717, 1.165) is 12.8 Å². The fourth-order valence-electron chi connectivity index (χ4n) is 2.24. The largest absolute Gasteiger partial charge is 0.482 e. The van der Waals surface area contributed by atoms with E-state index in [4.69, 9.17) is 21.1 Å². The third kappa shape index (κ3) is 5.22. The zero-order valence-electron chi connectivity index (χ0n) is 13.5. The van der Waals surface area contributed by atoms with E-state index in [1.165, 1.54) is 0 Å². The van der Waals surface area contributed by atoms with Crippen LogP contribution >= 0.6 is 11.6 Å². The van der Waals surface area contributed by atoms with E-state index < -0.39 is 12.1 Å². The number of nitrogens with one attached hydrogen (secondary N) is 1. The normalized spacial score (nSPS) is 14.4. The predicted octanol–water partition coefficient (Wildman–Crippen LogP) is 3.28. The van der Waals surface area contributed by atoms with E-state index in [9.17, 15) is 9.59 Å². The first-order valence-electron chi connectivity index (χ1n) is 8.05. The molecule has 0 spiro atoms. The molecule has 3 rings (SSSR count). The van der Waals surface area contributed by atoms with Crippen molar-refractivity contribution in [3.63, 3.8) is 0 Å². The molecule has 0 radical (unpaired) electrons. The zero-order valence-corrected chi connectivity index (χ0v) is 14.2. The summed E-state index contributed by atoms with van der Waals surface area (Å²) in [6.07, 6.45) is 0.935. The first kappa shape index (κ1) is 17.3. The summed E-state index contributed by atoms with van der Waals surface area (Å²) in [6, 6.07) is 15.8. The van der Waals surface area contributed by atoms with Crippen molar-refractivity contribution in [2.75, 3.05) is 6.61 Å². The molecular weight excluding hydrogens is 342 g/mol. The Balaban J connectivity index is 1.61. The predicted molar refractivity (Wildman–Crippen MR) is 93.4 cm³/mol. The van der Waals surface area contributed by atoms with Gasteiger partial charge in [-0.3, -0.25) is 4.79 Å². The molecular formula is C19H18ClNO4. The number of carbonyl (C=O) groups is 2. The SMILES string of the molecule is O=C(COc1ccc(Cl)cc1)O[C@@H](C(=O)NC1CC1)c1ccccc1. The molecule has 1 aliphatic rings. The quantitative estimate of drug-likeness (QED) is 0.770. The molecule has 1 fully saturated rings. The standard InChI is InChI=1S/C19H18ClNO4/c20-14-6-10-16(11-7-14)24-12-17(22)25-18(13-4-2-1-3-5-13)19(23)21-15-8-9-15/h1-7,10-11,15,18H,8-9,12H2,(H,21,23)/t18-/m1/s1. The Kier molecular flexibility index (Phi) is 5.56. The minimum absolute atomic E-state index is 0.183. The van der Waals surface area contributed by atoms with Crippen LogP contribution in [0.4, 0.5) is 0 Å². The molecule has 25 heavy (non-hydrogen) atoms. The van der Waals surface area contributed by atoms with Gasteiger partial charge in [-0.2, -0.15) is 0 Å². The molecule has 0 unspecified atom stereocenters. The summed E-state index contributed by atoms with van der Waals surface area (Å²) in [5.41, 5.74) is 0.625. The molecule has 1 amide bonds. The number of hydrogen-bond donors (Lipinski definition) is 1. The van der Waals surface area contributed by atoms with Gasteiger partial charge in [0.05, 0.1) is 0 Å². The van der Waals surface area contributed by atoms with Gasteiger partial charge in [0, 0.05) is 16.6 Å². The van der Waals surface area contributed by atoms with Gasteiger partial charge in [-0.25, -0.2) is 4.79 Å². The van der Waals surface area contributed by atoms with E-state index in [2.05, 4.69) is 5.32 Å². The fourth-order valence-corrected chi connectivity index (χ4v) is 2.37. The number of hydrogen-bond acceptors (Lipinski definition) is 4. The topological polar surface area (TPSA) is 64.6 Å². The number of carbonyl (C=O) groups excluding carboxylic acids is 2. The van der Waals surface area contributed by atoms with Crippen molar-refractivity contribution in [3.05, 3.63) is 65.2 Å². The number of amides is 1. The Morgan fingerprint density at radius 2 is 1.76 bits per heavy atom. The van der Waals surface area contributed by atoms with Gasteiger partial charge in [0.15, 0.2) is 6.61 Å². The number of ether oxygens (including phenoxy) is 2. The molecule has 0 saturated heterocycles. The highest BCUT2D eigenvalue weighted by Gasteiger charge is 2.30. The zero-order chi connectivity index (χ0) is 17.6. The average Bonchev–Trinajstić information content (AvgIpc) is 3.44. The summed E-state index contributed by atoms with van der Waals surface area (Å²) in [5, 5.41) is 3.45. The molecule has 2 aromatic rings. The van der Waals surface area contributed by atoms with Crippen LogP contribution in [0.25, 0.3) is 0 Å². The van der Waals surface area contributed by atoms with Crippen molar-refractivity contribution >= 4 is 23.5 Å². The Morgan fingerprint density at radius 1 is 1.08 bits per heavy atom. The molecule has 1 N–H and O–H groups in total. The smallest absolute Gasteiger partial charge is 0.345 e. The summed E-state index contributed by atoms with van der Waals surface area (Å²) in [7, 11) is 0. The average molecular weight is 360 g/mol. The van der Waals surface area contributed by atoms with Gasteiger partial charge in [-0.15, -0.1) is 0 Å². The first-order chi connectivity index (χ1) is 12.1. The third-order valence-corrected chi connectivity index (χ3v) is 3.94. The van der Waals surface area contributed by atoms with Crippen LogP contribution in [0.1, 0.15) is 24.5 Å². The minimum atomic E-state index is -0.983. The van der Waals surface area contributed by atoms with E-state index >= 15 is 0 Å². The molecule has 2 aromatic carbocycles.